The van der Waals surface area contributed by atoms with Gasteiger partial charge in [-0.05, 0) is 44.3 Å². The van der Waals surface area contributed by atoms with E-state index in [-0.39, 0.29) is 6.04 Å². The minimum Gasteiger partial charge on any atom is -0.319 e. The van der Waals surface area contributed by atoms with E-state index in [1.54, 1.807) is 6.20 Å². The fourth-order valence-electron chi connectivity index (χ4n) is 2.29. The smallest absolute Gasteiger partial charge is 0.0837 e. The number of benzene rings is 1. The molecule has 0 bridgehead atoms. The van der Waals surface area contributed by atoms with Crippen LogP contribution >= 0.6 is 27.5 Å². The molecule has 0 radical (unpaired) electrons. The standard InChI is InChI=1S/C15H20BrClN4/c1-10-8-11(16)4-5-12(10)14(18)15-13(17)9-19-21(15)7-6-20(2)3/h4-5,8-9,14H,6-7,18H2,1-3H3. The normalized spacial score (nSPS) is 12.9. The van der Waals surface area contributed by atoms with Gasteiger partial charge in [-0.1, -0.05) is 33.6 Å². The van der Waals surface area contributed by atoms with E-state index >= 15 is 0 Å². The highest BCUT2D eigenvalue weighted by atomic mass is 79.9. The Labute approximate surface area is 139 Å². The summed E-state index contributed by atoms with van der Waals surface area (Å²) in [4.78, 5) is 2.11. The largest absolute Gasteiger partial charge is 0.319 e. The number of likely N-dealkylation sites (N-methyl/N-ethyl adjacent to an activating group) is 1. The van der Waals surface area contributed by atoms with Gasteiger partial charge in [-0.3, -0.25) is 4.68 Å². The molecule has 1 aromatic heterocycles. The summed E-state index contributed by atoms with van der Waals surface area (Å²) in [6.07, 6.45) is 1.67. The third kappa shape index (κ3) is 3.86. The Kier molecular flexibility index (Phi) is 5.43. The Hall–Kier alpha value is -0.880. The number of aryl methyl sites for hydroxylation is 1. The summed E-state index contributed by atoms with van der Waals surface area (Å²) in [5, 5.41) is 4.96. The molecule has 114 valence electrons. The first-order valence-electron chi connectivity index (χ1n) is 6.77. The van der Waals surface area contributed by atoms with Gasteiger partial charge in [-0.2, -0.15) is 5.10 Å². The Balaban J connectivity index is 2.34. The summed E-state index contributed by atoms with van der Waals surface area (Å²) in [6, 6.07) is 5.81. The number of rotatable bonds is 5. The van der Waals surface area contributed by atoms with Gasteiger partial charge in [0, 0.05) is 11.0 Å². The molecule has 4 nitrogen and oxygen atoms in total. The van der Waals surface area contributed by atoms with Crippen molar-refractivity contribution in [3.8, 4) is 0 Å². The van der Waals surface area contributed by atoms with Crippen LogP contribution in [0.15, 0.2) is 28.9 Å². The molecule has 0 aliphatic heterocycles. The summed E-state index contributed by atoms with van der Waals surface area (Å²) in [5.41, 5.74) is 9.50. The van der Waals surface area contributed by atoms with Crippen molar-refractivity contribution in [2.45, 2.75) is 19.5 Å². The fraction of sp³-hybridized carbons (Fsp3) is 0.400. The van der Waals surface area contributed by atoms with Gasteiger partial charge in [0.25, 0.3) is 0 Å². The number of aromatic nitrogens is 2. The van der Waals surface area contributed by atoms with Gasteiger partial charge in [0.1, 0.15) is 0 Å². The van der Waals surface area contributed by atoms with E-state index in [0.29, 0.717) is 5.02 Å². The second kappa shape index (κ2) is 6.92. The number of hydrogen-bond donors (Lipinski definition) is 1. The van der Waals surface area contributed by atoms with E-state index in [2.05, 4.69) is 32.0 Å². The van der Waals surface area contributed by atoms with Crippen molar-refractivity contribution < 1.29 is 0 Å². The minimum atomic E-state index is -0.282. The average Bonchev–Trinajstić information content (AvgIpc) is 2.77. The molecular formula is C15H20BrClN4. The number of nitrogens with two attached hydrogens (primary N) is 1. The van der Waals surface area contributed by atoms with Gasteiger partial charge in [-0.25, -0.2) is 0 Å². The first-order valence-corrected chi connectivity index (χ1v) is 7.95. The lowest BCUT2D eigenvalue weighted by Crippen LogP contribution is -2.24. The first-order chi connectivity index (χ1) is 9.90. The Morgan fingerprint density at radius 2 is 2.14 bits per heavy atom. The maximum Gasteiger partial charge on any atom is 0.0837 e. The van der Waals surface area contributed by atoms with Crippen LogP contribution in [0, 0.1) is 6.92 Å². The Bertz CT molecular complexity index is 624. The zero-order valence-electron chi connectivity index (χ0n) is 12.5. The molecule has 0 fully saturated rings. The van der Waals surface area contributed by atoms with E-state index in [1.165, 1.54) is 0 Å². The lowest BCUT2D eigenvalue weighted by Gasteiger charge is -2.19. The topological polar surface area (TPSA) is 47.1 Å². The molecule has 1 heterocycles. The fourth-order valence-corrected chi connectivity index (χ4v) is 3.02. The second-order valence-electron chi connectivity index (χ2n) is 5.38. The molecule has 6 heteroatoms. The molecule has 2 N–H and O–H groups in total. The molecule has 0 saturated carbocycles. The predicted octanol–water partition coefficient (Wildman–Crippen LogP) is 3.22. The SMILES string of the molecule is Cc1cc(Br)ccc1C(N)c1c(Cl)cnn1CCN(C)C. The van der Waals surface area contributed by atoms with E-state index < -0.39 is 0 Å². The van der Waals surface area contributed by atoms with Gasteiger partial charge < -0.3 is 10.6 Å². The molecule has 1 unspecified atom stereocenters. The molecule has 1 atom stereocenters. The average molecular weight is 372 g/mol. The molecular weight excluding hydrogens is 352 g/mol. The third-order valence-corrected chi connectivity index (χ3v) is 4.24. The van der Waals surface area contributed by atoms with Crippen LogP contribution in [-0.2, 0) is 6.54 Å². The molecule has 21 heavy (non-hydrogen) atoms. The Morgan fingerprint density at radius 3 is 2.76 bits per heavy atom. The van der Waals surface area contributed by atoms with Crippen molar-refractivity contribution in [2.75, 3.05) is 20.6 Å². The van der Waals surface area contributed by atoms with Gasteiger partial charge in [0.15, 0.2) is 0 Å². The Morgan fingerprint density at radius 1 is 1.43 bits per heavy atom. The van der Waals surface area contributed by atoms with E-state index in [0.717, 1.165) is 34.4 Å². The molecule has 1 aromatic carbocycles. The summed E-state index contributed by atoms with van der Waals surface area (Å²) < 4.78 is 2.94. The molecule has 0 aliphatic rings. The number of halogens is 2. The van der Waals surface area contributed by atoms with Gasteiger partial charge in [0.2, 0.25) is 0 Å². The maximum atomic E-state index is 6.45. The second-order valence-corrected chi connectivity index (χ2v) is 6.71. The van der Waals surface area contributed by atoms with Crippen molar-refractivity contribution in [3.05, 3.63) is 50.7 Å². The monoisotopic (exact) mass is 370 g/mol. The lowest BCUT2D eigenvalue weighted by molar-refractivity contribution is 0.368. The summed E-state index contributed by atoms with van der Waals surface area (Å²) in [6.45, 7) is 3.70. The van der Waals surface area contributed by atoms with Crippen molar-refractivity contribution >= 4 is 27.5 Å². The van der Waals surface area contributed by atoms with Crippen molar-refractivity contribution in [1.29, 1.82) is 0 Å². The first kappa shape index (κ1) is 16.5. The zero-order valence-corrected chi connectivity index (χ0v) is 14.8. The summed E-state index contributed by atoms with van der Waals surface area (Å²) in [5.74, 6) is 0. The van der Waals surface area contributed by atoms with Crippen LogP contribution in [0.25, 0.3) is 0 Å². The highest BCUT2D eigenvalue weighted by Gasteiger charge is 2.20. The highest BCUT2D eigenvalue weighted by molar-refractivity contribution is 9.10. The quantitative estimate of drug-likeness (QED) is 0.878. The van der Waals surface area contributed by atoms with Gasteiger partial charge >= 0.3 is 0 Å². The van der Waals surface area contributed by atoms with E-state index in [4.69, 9.17) is 17.3 Å². The van der Waals surface area contributed by atoms with Crippen LogP contribution in [0.4, 0.5) is 0 Å². The van der Waals surface area contributed by atoms with Crippen LogP contribution in [0.1, 0.15) is 22.9 Å². The third-order valence-electron chi connectivity index (χ3n) is 3.45. The number of nitrogens with zero attached hydrogens (tertiary/aromatic N) is 3. The van der Waals surface area contributed by atoms with Crippen LogP contribution in [0.2, 0.25) is 5.02 Å². The van der Waals surface area contributed by atoms with Crippen LogP contribution < -0.4 is 5.73 Å². The zero-order chi connectivity index (χ0) is 15.6. The van der Waals surface area contributed by atoms with Gasteiger partial charge in [0.05, 0.1) is 29.5 Å². The van der Waals surface area contributed by atoms with E-state index in [9.17, 15) is 0 Å². The molecule has 0 saturated heterocycles. The van der Waals surface area contributed by atoms with Crippen LogP contribution in [0.3, 0.4) is 0 Å². The molecule has 2 aromatic rings. The van der Waals surface area contributed by atoms with Crippen molar-refractivity contribution in [2.24, 2.45) is 5.73 Å². The predicted molar refractivity (Wildman–Crippen MR) is 90.7 cm³/mol. The maximum absolute atomic E-state index is 6.45. The van der Waals surface area contributed by atoms with E-state index in [1.807, 2.05) is 37.8 Å². The summed E-state index contributed by atoms with van der Waals surface area (Å²) in [7, 11) is 4.06. The highest BCUT2D eigenvalue weighted by Crippen LogP contribution is 2.29. The van der Waals surface area contributed by atoms with Crippen molar-refractivity contribution in [3.63, 3.8) is 0 Å². The molecule has 0 amide bonds. The lowest BCUT2D eigenvalue weighted by atomic mass is 9.99. The van der Waals surface area contributed by atoms with Gasteiger partial charge in [-0.15, -0.1) is 0 Å². The number of hydrogen-bond acceptors (Lipinski definition) is 3. The minimum absolute atomic E-state index is 0.282. The molecule has 2 rings (SSSR count). The van der Waals surface area contributed by atoms with Crippen LogP contribution in [0.5, 0.6) is 0 Å². The summed E-state index contributed by atoms with van der Waals surface area (Å²) >= 11 is 9.78. The molecule has 0 aliphatic carbocycles. The molecule has 0 spiro atoms. The van der Waals surface area contributed by atoms with Crippen LogP contribution in [-0.4, -0.2) is 35.3 Å². The van der Waals surface area contributed by atoms with Crippen molar-refractivity contribution in [1.82, 2.24) is 14.7 Å².